The van der Waals surface area contributed by atoms with E-state index in [0.717, 1.165) is 22.9 Å². The number of hydrogen-bond acceptors (Lipinski definition) is 2. The molecule has 0 aliphatic heterocycles. The van der Waals surface area contributed by atoms with Crippen molar-refractivity contribution < 1.29 is 0 Å². The van der Waals surface area contributed by atoms with Gasteiger partial charge in [0.25, 0.3) is 0 Å². The highest BCUT2D eigenvalue weighted by Crippen LogP contribution is 2.44. The Morgan fingerprint density at radius 2 is 0.828 bits per heavy atom. The lowest BCUT2D eigenvalue weighted by atomic mass is 9.85. The molecule has 0 unspecified atom stereocenters. The van der Waals surface area contributed by atoms with Gasteiger partial charge in [-0.15, -0.1) is 0 Å². The van der Waals surface area contributed by atoms with E-state index in [2.05, 4.69) is 159 Å². The smallest absolute Gasteiger partial charge is 0.0702 e. The van der Waals surface area contributed by atoms with Crippen LogP contribution in [0.4, 0.5) is 0 Å². The third-order valence-electron chi connectivity index (χ3n) is 12.1. The van der Waals surface area contributed by atoms with Gasteiger partial charge in [0.05, 0.1) is 5.52 Å². The van der Waals surface area contributed by atoms with Gasteiger partial charge in [-0.1, -0.05) is 192 Å². The Kier molecular flexibility index (Phi) is 11.3. The summed E-state index contributed by atoms with van der Waals surface area (Å²) in [5.74, 6) is 0. The lowest BCUT2D eigenvalue weighted by Gasteiger charge is -2.18. The van der Waals surface area contributed by atoms with E-state index in [0.29, 0.717) is 0 Å². The van der Waals surface area contributed by atoms with Crippen molar-refractivity contribution in [3.05, 3.63) is 170 Å². The van der Waals surface area contributed by atoms with Gasteiger partial charge in [0.15, 0.2) is 0 Å². The Hall–Kier alpha value is -6.12. The molecule has 2 nitrogen and oxygen atoms in total. The second-order valence-electron chi connectivity index (χ2n) is 16.1. The van der Waals surface area contributed by atoms with Gasteiger partial charge in [0.1, 0.15) is 0 Å². The Morgan fingerprint density at radius 3 is 1.43 bits per heavy atom. The maximum atomic E-state index is 4.88. The monoisotopic (exact) mass is 752 g/mol. The summed E-state index contributed by atoms with van der Waals surface area (Å²) in [7, 11) is 0. The van der Waals surface area contributed by atoms with E-state index in [1.54, 1.807) is 0 Å². The molecule has 0 amide bonds. The van der Waals surface area contributed by atoms with Crippen molar-refractivity contribution in [2.75, 3.05) is 0 Å². The molecule has 0 aliphatic rings. The lowest BCUT2D eigenvalue weighted by Crippen LogP contribution is -1.92. The Morgan fingerprint density at radius 1 is 0.345 bits per heavy atom. The lowest BCUT2D eigenvalue weighted by molar-refractivity contribution is 0.555. The van der Waals surface area contributed by atoms with Crippen LogP contribution in [0.25, 0.3) is 87.7 Å². The average Bonchev–Trinajstić information content (AvgIpc) is 3.28. The molecule has 0 fully saturated rings. The van der Waals surface area contributed by atoms with E-state index in [1.807, 2.05) is 12.3 Å². The number of aryl methyl sites for hydroxylation is 1. The molecule has 286 valence electrons. The summed E-state index contributed by atoms with van der Waals surface area (Å²) in [4.78, 5) is 9.60. The molecule has 2 heterocycles. The minimum Gasteiger partial charge on any atom is -0.261 e. The number of aromatic nitrogens is 2. The molecule has 0 bridgehead atoms. The quantitative estimate of drug-likeness (QED) is 0.0770. The number of pyridine rings is 2. The van der Waals surface area contributed by atoms with Crippen molar-refractivity contribution >= 4 is 43.2 Å². The van der Waals surface area contributed by atoms with Crippen LogP contribution in [-0.2, 0) is 6.42 Å². The zero-order valence-electron chi connectivity index (χ0n) is 33.8. The molecule has 0 saturated carbocycles. The van der Waals surface area contributed by atoms with Crippen molar-refractivity contribution in [3.63, 3.8) is 0 Å². The second-order valence-corrected chi connectivity index (χ2v) is 16.1. The normalized spacial score (nSPS) is 11.6. The Balaban J connectivity index is 0.944. The predicted octanol–water partition coefficient (Wildman–Crippen LogP) is 16.2. The van der Waals surface area contributed by atoms with E-state index in [4.69, 9.17) is 9.97 Å². The fraction of sp³-hybridized carbons (Fsp3) is 0.214. The van der Waals surface area contributed by atoms with Gasteiger partial charge in [0.2, 0.25) is 0 Å². The van der Waals surface area contributed by atoms with Crippen molar-refractivity contribution in [1.29, 1.82) is 0 Å². The fourth-order valence-corrected chi connectivity index (χ4v) is 8.94. The minimum absolute atomic E-state index is 1.02. The van der Waals surface area contributed by atoms with Crippen LogP contribution in [-0.4, -0.2) is 9.97 Å². The first-order chi connectivity index (χ1) is 28.7. The number of para-hydroxylation sites is 1. The average molecular weight is 753 g/mol. The third-order valence-corrected chi connectivity index (χ3v) is 12.1. The van der Waals surface area contributed by atoms with Gasteiger partial charge >= 0.3 is 0 Å². The summed E-state index contributed by atoms with van der Waals surface area (Å²) in [6, 6.07) is 55.6. The summed E-state index contributed by atoms with van der Waals surface area (Å²) >= 11 is 0. The molecular weight excluding hydrogens is 701 g/mol. The summed E-state index contributed by atoms with van der Waals surface area (Å²) < 4.78 is 0. The van der Waals surface area contributed by atoms with Gasteiger partial charge in [0, 0.05) is 34.4 Å². The highest BCUT2D eigenvalue weighted by Gasteiger charge is 2.17. The zero-order valence-corrected chi connectivity index (χ0v) is 33.8. The van der Waals surface area contributed by atoms with E-state index in [9.17, 15) is 0 Å². The molecule has 2 heteroatoms. The number of fused-ring (bicyclic) bond motifs is 4. The maximum Gasteiger partial charge on any atom is 0.0702 e. The van der Waals surface area contributed by atoms with Gasteiger partial charge in [-0.25, -0.2) is 0 Å². The van der Waals surface area contributed by atoms with Crippen molar-refractivity contribution in [2.24, 2.45) is 0 Å². The Labute approximate surface area is 343 Å². The van der Waals surface area contributed by atoms with E-state index in [-0.39, 0.29) is 0 Å². The molecule has 7 aromatic carbocycles. The van der Waals surface area contributed by atoms with Crippen LogP contribution in [0.1, 0.15) is 76.8 Å². The SMILES string of the molecule is CCCCCCCCCCCCc1cc2ccc(-c3ccc(-c4c5ccccc5c(-c5ccc(-c6cnc7ccccc7c6)cc5)c5ccccc45)cc3)cc2cn1. The minimum atomic E-state index is 1.02. The van der Waals surface area contributed by atoms with Crippen molar-refractivity contribution in [3.8, 4) is 44.5 Å². The molecule has 9 rings (SSSR count). The molecule has 0 radical (unpaired) electrons. The first kappa shape index (κ1) is 37.5. The molecule has 2 aromatic heterocycles. The highest BCUT2D eigenvalue weighted by molar-refractivity contribution is 6.21. The predicted molar refractivity (Wildman–Crippen MR) is 249 cm³/mol. The number of rotatable bonds is 15. The molecule has 0 spiro atoms. The van der Waals surface area contributed by atoms with E-state index >= 15 is 0 Å². The largest absolute Gasteiger partial charge is 0.261 e. The first-order valence-electron chi connectivity index (χ1n) is 21.6. The van der Waals surface area contributed by atoms with Crippen molar-refractivity contribution in [1.82, 2.24) is 9.97 Å². The molecule has 0 atom stereocenters. The summed E-state index contributed by atoms with van der Waals surface area (Å²) in [5.41, 5.74) is 11.9. The number of hydrogen-bond donors (Lipinski definition) is 0. The molecular formula is C56H52N2. The molecule has 0 saturated heterocycles. The summed E-state index contributed by atoms with van der Waals surface area (Å²) in [6.07, 6.45) is 18.7. The van der Waals surface area contributed by atoms with Crippen LogP contribution in [0.2, 0.25) is 0 Å². The highest BCUT2D eigenvalue weighted by atomic mass is 14.7. The van der Waals surface area contributed by atoms with Crippen LogP contribution < -0.4 is 0 Å². The number of unbranched alkanes of at least 4 members (excludes halogenated alkanes) is 9. The standard InChI is InChI=1S/C56H52N2/c1-2-3-4-5-6-7-8-9-10-11-19-49-37-45-34-33-44(35-48(45)38-57-49)40-25-29-42(30-26-40)55-50-20-13-15-22-52(50)56(53-23-16-14-21-51(53)55)43-31-27-41(28-32-43)47-36-46-18-12-17-24-54(46)58-39-47/h12-18,20-39H,2-11,19H2,1H3. The zero-order chi connectivity index (χ0) is 39.1. The van der Waals surface area contributed by atoms with Crippen molar-refractivity contribution in [2.45, 2.75) is 77.6 Å². The number of nitrogens with zero attached hydrogens (tertiary/aromatic N) is 2. The fourth-order valence-electron chi connectivity index (χ4n) is 8.94. The van der Waals surface area contributed by atoms with Crippen LogP contribution >= 0.6 is 0 Å². The topological polar surface area (TPSA) is 25.8 Å². The molecule has 0 aliphatic carbocycles. The molecule has 9 aromatic rings. The third kappa shape index (κ3) is 8.02. The van der Waals surface area contributed by atoms with Crippen LogP contribution in [0, 0.1) is 0 Å². The number of benzene rings is 7. The van der Waals surface area contributed by atoms with Gasteiger partial charge in [-0.3, -0.25) is 9.97 Å². The summed E-state index contributed by atoms with van der Waals surface area (Å²) in [6.45, 7) is 2.29. The Bertz CT molecular complexity index is 2760. The van der Waals surface area contributed by atoms with Gasteiger partial charge < -0.3 is 0 Å². The van der Waals surface area contributed by atoms with Crippen LogP contribution in [0.15, 0.2) is 164 Å². The van der Waals surface area contributed by atoms with Gasteiger partial charge in [-0.2, -0.15) is 0 Å². The van der Waals surface area contributed by atoms with Crippen LogP contribution in [0.3, 0.4) is 0 Å². The van der Waals surface area contributed by atoms with Crippen LogP contribution in [0.5, 0.6) is 0 Å². The van der Waals surface area contributed by atoms with E-state index < -0.39 is 0 Å². The second kappa shape index (κ2) is 17.6. The molecule has 58 heavy (non-hydrogen) atoms. The maximum absolute atomic E-state index is 4.88. The van der Waals surface area contributed by atoms with Gasteiger partial charge in [-0.05, 0) is 103 Å². The van der Waals surface area contributed by atoms with E-state index in [1.165, 1.54) is 141 Å². The summed E-state index contributed by atoms with van der Waals surface area (Å²) in [5, 5.41) is 8.67. The first-order valence-corrected chi connectivity index (χ1v) is 21.6. The molecule has 0 N–H and O–H groups in total.